The molecule has 2 bridgehead atoms. The Labute approximate surface area is 151 Å². The van der Waals surface area contributed by atoms with Crippen LogP contribution in [0.25, 0.3) is 0 Å². The standard InChI is InChI=1S/C21H32N2O2/c1-24-10-11-25-9-5-15-12-16(22)13-19-17(15)14-20-18-4-2-3-6-21(18,19)7-8-23-20/h12-13,18,20,23H,2-11,14,22H2,1H3. The first-order valence-corrected chi connectivity index (χ1v) is 9.96. The normalized spacial score (nSPS) is 30.6. The topological polar surface area (TPSA) is 56.5 Å². The molecule has 0 amide bonds. The molecule has 0 spiro atoms. The monoisotopic (exact) mass is 344 g/mol. The summed E-state index contributed by atoms with van der Waals surface area (Å²) in [6.45, 7) is 3.22. The summed E-state index contributed by atoms with van der Waals surface area (Å²) in [6, 6.07) is 5.15. The molecule has 2 fully saturated rings. The molecule has 25 heavy (non-hydrogen) atoms. The van der Waals surface area contributed by atoms with Crippen molar-refractivity contribution in [1.29, 1.82) is 0 Å². The molecule has 4 rings (SSSR count). The van der Waals surface area contributed by atoms with Crippen LogP contribution < -0.4 is 11.1 Å². The second-order valence-corrected chi connectivity index (χ2v) is 8.08. The highest BCUT2D eigenvalue weighted by molar-refractivity contribution is 5.55. The van der Waals surface area contributed by atoms with Gasteiger partial charge in [0.2, 0.25) is 0 Å². The van der Waals surface area contributed by atoms with E-state index < -0.39 is 0 Å². The first-order chi connectivity index (χ1) is 12.2. The third-order valence-corrected chi connectivity index (χ3v) is 6.83. The molecule has 3 aliphatic rings. The minimum Gasteiger partial charge on any atom is -0.399 e. The summed E-state index contributed by atoms with van der Waals surface area (Å²) >= 11 is 0. The van der Waals surface area contributed by atoms with Gasteiger partial charge in [-0.25, -0.2) is 0 Å². The largest absolute Gasteiger partial charge is 0.399 e. The van der Waals surface area contributed by atoms with Gasteiger partial charge in [-0.1, -0.05) is 12.8 Å². The van der Waals surface area contributed by atoms with Gasteiger partial charge in [-0.15, -0.1) is 0 Å². The van der Waals surface area contributed by atoms with Crippen LogP contribution in [0.1, 0.15) is 48.8 Å². The molecule has 3 unspecified atom stereocenters. The van der Waals surface area contributed by atoms with Crippen LogP contribution in [0.3, 0.4) is 0 Å². The number of fused-ring (bicyclic) bond motifs is 1. The lowest BCUT2D eigenvalue weighted by molar-refractivity contribution is 0.0708. The van der Waals surface area contributed by atoms with E-state index in [-0.39, 0.29) is 0 Å². The number of nitrogens with one attached hydrogen (secondary N) is 1. The van der Waals surface area contributed by atoms with Gasteiger partial charge < -0.3 is 20.5 Å². The second-order valence-electron chi connectivity index (χ2n) is 8.08. The fourth-order valence-electron chi connectivity index (χ4n) is 5.78. The van der Waals surface area contributed by atoms with Gasteiger partial charge in [-0.2, -0.15) is 0 Å². The highest BCUT2D eigenvalue weighted by Gasteiger charge is 2.51. The first-order valence-electron chi connectivity index (χ1n) is 9.96. The quantitative estimate of drug-likeness (QED) is 0.615. The molecule has 4 heteroatoms. The van der Waals surface area contributed by atoms with E-state index in [1.807, 2.05) is 0 Å². The molecule has 3 N–H and O–H groups in total. The molecule has 1 heterocycles. The molecule has 0 aromatic heterocycles. The maximum Gasteiger partial charge on any atom is 0.0700 e. The fourth-order valence-corrected chi connectivity index (χ4v) is 5.78. The van der Waals surface area contributed by atoms with Crippen molar-refractivity contribution in [3.05, 3.63) is 28.8 Å². The minimum atomic E-state index is 0.378. The molecular weight excluding hydrogens is 312 g/mol. The summed E-state index contributed by atoms with van der Waals surface area (Å²) in [4.78, 5) is 0. The van der Waals surface area contributed by atoms with Crippen LogP contribution in [0.15, 0.2) is 12.1 Å². The van der Waals surface area contributed by atoms with Crippen molar-refractivity contribution < 1.29 is 9.47 Å². The maximum absolute atomic E-state index is 6.35. The van der Waals surface area contributed by atoms with Gasteiger partial charge in [0.05, 0.1) is 19.8 Å². The average Bonchev–Trinajstić information content (AvgIpc) is 2.62. The number of nitrogens with two attached hydrogens (primary N) is 1. The number of methoxy groups -OCH3 is 1. The Morgan fingerprint density at radius 3 is 3.00 bits per heavy atom. The number of piperidine rings is 1. The predicted molar refractivity (Wildman–Crippen MR) is 101 cm³/mol. The van der Waals surface area contributed by atoms with Crippen molar-refractivity contribution in [2.45, 2.75) is 56.4 Å². The van der Waals surface area contributed by atoms with Crippen LogP contribution >= 0.6 is 0 Å². The van der Waals surface area contributed by atoms with E-state index in [9.17, 15) is 0 Å². The summed E-state index contributed by atoms with van der Waals surface area (Å²) < 4.78 is 10.8. The molecule has 1 saturated carbocycles. The molecule has 1 aliphatic heterocycles. The zero-order chi connectivity index (χ0) is 17.3. The maximum atomic E-state index is 6.35. The lowest BCUT2D eigenvalue weighted by atomic mass is 9.52. The Balaban J connectivity index is 1.63. The Morgan fingerprint density at radius 2 is 2.12 bits per heavy atom. The zero-order valence-electron chi connectivity index (χ0n) is 15.5. The van der Waals surface area contributed by atoms with Gasteiger partial charge in [0.15, 0.2) is 0 Å². The van der Waals surface area contributed by atoms with Gasteiger partial charge in [0.25, 0.3) is 0 Å². The third kappa shape index (κ3) is 3.09. The number of anilines is 1. The Hall–Kier alpha value is -1.10. The van der Waals surface area contributed by atoms with Crippen LogP contribution in [0.5, 0.6) is 0 Å². The van der Waals surface area contributed by atoms with Gasteiger partial charge in [0.1, 0.15) is 0 Å². The second kappa shape index (κ2) is 7.26. The highest BCUT2D eigenvalue weighted by atomic mass is 16.5. The molecular formula is C21H32N2O2. The molecule has 1 saturated heterocycles. The molecule has 4 nitrogen and oxygen atoms in total. The number of ether oxygens (including phenoxy) is 2. The van der Waals surface area contributed by atoms with E-state index >= 15 is 0 Å². The van der Waals surface area contributed by atoms with Crippen molar-refractivity contribution in [1.82, 2.24) is 5.32 Å². The first kappa shape index (κ1) is 17.3. The van der Waals surface area contributed by atoms with Crippen molar-refractivity contribution in [2.24, 2.45) is 5.92 Å². The summed E-state index contributed by atoms with van der Waals surface area (Å²) in [5, 5.41) is 3.83. The lowest BCUT2D eigenvalue weighted by Gasteiger charge is -2.56. The predicted octanol–water partition coefficient (Wildman–Crippen LogP) is 2.82. The molecule has 0 radical (unpaired) electrons. The summed E-state index contributed by atoms with van der Waals surface area (Å²) in [5.41, 5.74) is 12.2. The number of hydrogen-bond acceptors (Lipinski definition) is 4. The van der Waals surface area contributed by atoms with Gasteiger partial charge in [0, 0.05) is 24.3 Å². The van der Waals surface area contributed by atoms with Crippen molar-refractivity contribution >= 4 is 5.69 Å². The molecule has 2 aliphatic carbocycles. The number of rotatable bonds is 6. The van der Waals surface area contributed by atoms with Crippen LogP contribution in [0.2, 0.25) is 0 Å². The Morgan fingerprint density at radius 1 is 1.20 bits per heavy atom. The minimum absolute atomic E-state index is 0.378. The van der Waals surface area contributed by atoms with E-state index in [0.29, 0.717) is 24.7 Å². The van der Waals surface area contributed by atoms with Crippen molar-refractivity contribution in [3.8, 4) is 0 Å². The molecule has 3 atom stereocenters. The number of benzene rings is 1. The van der Waals surface area contributed by atoms with Crippen molar-refractivity contribution in [2.75, 3.05) is 39.2 Å². The van der Waals surface area contributed by atoms with Crippen LogP contribution in [0, 0.1) is 5.92 Å². The van der Waals surface area contributed by atoms with Gasteiger partial charge >= 0.3 is 0 Å². The molecule has 1 aromatic rings. The van der Waals surface area contributed by atoms with Crippen LogP contribution in [0.4, 0.5) is 5.69 Å². The lowest BCUT2D eigenvalue weighted by Crippen LogP contribution is -2.59. The van der Waals surface area contributed by atoms with E-state index in [1.54, 1.807) is 18.2 Å². The SMILES string of the molecule is COCCOCCc1cc(N)cc2c1CC1NCCC23CCCCC13. The summed E-state index contributed by atoms with van der Waals surface area (Å²) in [5.74, 6) is 0.801. The Bertz CT molecular complexity index is 614. The fraction of sp³-hybridized carbons (Fsp3) is 0.714. The zero-order valence-corrected chi connectivity index (χ0v) is 15.5. The smallest absolute Gasteiger partial charge is 0.0700 e. The number of nitrogen functional groups attached to an aromatic ring is 1. The molecule has 138 valence electrons. The van der Waals surface area contributed by atoms with E-state index in [4.69, 9.17) is 15.2 Å². The average molecular weight is 344 g/mol. The third-order valence-electron chi connectivity index (χ3n) is 6.83. The Kier molecular flexibility index (Phi) is 5.03. The highest BCUT2D eigenvalue weighted by Crippen LogP contribution is 2.54. The summed E-state index contributed by atoms with van der Waals surface area (Å²) in [6.07, 6.45) is 8.86. The summed E-state index contributed by atoms with van der Waals surface area (Å²) in [7, 11) is 1.71. The van der Waals surface area contributed by atoms with E-state index in [0.717, 1.165) is 37.6 Å². The number of hydrogen-bond donors (Lipinski definition) is 2. The molecule has 1 aromatic carbocycles. The van der Waals surface area contributed by atoms with E-state index in [1.165, 1.54) is 37.7 Å². The van der Waals surface area contributed by atoms with Crippen molar-refractivity contribution in [3.63, 3.8) is 0 Å². The van der Waals surface area contributed by atoms with Crippen LogP contribution in [-0.4, -0.2) is 39.5 Å². The van der Waals surface area contributed by atoms with Gasteiger partial charge in [-0.05, 0) is 73.4 Å². The van der Waals surface area contributed by atoms with Gasteiger partial charge in [-0.3, -0.25) is 0 Å². The van der Waals surface area contributed by atoms with Crippen LogP contribution in [-0.2, 0) is 27.7 Å². The van der Waals surface area contributed by atoms with E-state index in [2.05, 4.69) is 17.4 Å².